The standard InChI is InChI=1S/C24H25ClFN5O5S/c1-14-7-18(36-37(26,32)33)3-4-20(14)28-23-19(25)10-27-24(30-23)29-21-8-16-11-31(17-12-35-13-17)6-5-15(16)9-22(21)34-2/h3-4,7-10,17H,5-6,11-13H2,1-2H3,(H2,27,28,29,30). The second-order valence-electron chi connectivity index (χ2n) is 8.83. The Kier molecular flexibility index (Phi) is 7.08. The minimum atomic E-state index is -5.11. The third-order valence-electron chi connectivity index (χ3n) is 6.34. The van der Waals surface area contributed by atoms with Crippen LogP contribution < -0.4 is 19.6 Å². The molecular formula is C24H25ClFN5O5S. The van der Waals surface area contributed by atoms with Gasteiger partial charge in [0, 0.05) is 18.8 Å². The van der Waals surface area contributed by atoms with E-state index in [1.54, 1.807) is 14.0 Å². The van der Waals surface area contributed by atoms with Gasteiger partial charge in [0.15, 0.2) is 5.82 Å². The first kappa shape index (κ1) is 25.5. The zero-order valence-electron chi connectivity index (χ0n) is 20.1. The number of nitrogens with zero attached hydrogens (tertiary/aromatic N) is 3. The van der Waals surface area contributed by atoms with Crippen LogP contribution in [0.2, 0.25) is 5.02 Å². The molecule has 37 heavy (non-hydrogen) atoms. The average molecular weight is 550 g/mol. The van der Waals surface area contributed by atoms with E-state index in [4.69, 9.17) is 21.1 Å². The number of aromatic nitrogens is 2. The molecule has 0 atom stereocenters. The third kappa shape index (κ3) is 5.87. The molecule has 196 valence electrons. The summed E-state index contributed by atoms with van der Waals surface area (Å²) < 4.78 is 49.6. The van der Waals surface area contributed by atoms with Gasteiger partial charge in [-0.3, -0.25) is 4.90 Å². The van der Waals surface area contributed by atoms with Crippen LogP contribution in [0.1, 0.15) is 16.7 Å². The fraction of sp³-hybridized carbons (Fsp3) is 0.333. The highest BCUT2D eigenvalue weighted by Gasteiger charge is 2.29. The lowest BCUT2D eigenvalue weighted by atomic mass is 9.97. The van der Waals surface area contributed by atoms with Gasteiger partial charge >= 0.3 is 10.5 Å². The van der Waals surface area contributed by atoms with Crippen LogP contribution in [-0.4, -0.2) is 56.2 Å². The van der Waals surface area contributed by atoms with E-state index in [0.29, 0.717) is 34.8 Å². The van der Waals surface area contributed by atoms with Gasteiger partial charge in [0.25, 0.3) is 0 Å². The molecular weight excluding hydrogens is 525 g/mol. The highest BCUT2D eigenvalue weighted by molar-refractivity contribution is 7.81. The van der Waals surface area contributed by atoms with E-state index in [0.717, 1.165) is 38.4 Å². The molecule has 0 saturated carbocycles. The molecule has 0 bridgehead atoms. The number of benzene rings is 2. The minimum Gasteiger partial charge on any atom is -0.495 e. The van der Waals surface area contributed by atoms with Gasteiger partial charge in [0.2, 0.25) is 5.95 Å². The summed E-state index contributed by atoms with van der Waals surface area (Å²) in [5.74, 6) is 1.15. The molecule has 0 unspecified atom stereocenters. The number of nitrogens with one attached hydrogen (secondary N) is 2. The summed E-state index contributed by atoms with van der Waals surface area (Å²) in [4.78, 5) is 11.2. The summed E-state index contributed by atoms with van der Waals surface area (Å²) in [7, 11) is -3.50. The molecule has 2 aliphatic rings. The SMILES string of the molecule is COc1cc2c(cc1Nc1ncc(Cl)c(Nc3ccc(OS(=O)(=O)F)cc3C)n1)CN(C1COC1)CC2. The van der Waals surface area contributed by atoms with E-state index in [1.165, 1.54) is 35.5 Å². The first-order valence-corrected chi connectivity index (χ1v) is 13.2. The van der Waals surface area contributed by atoms with Gasteiger partial charge in [0.1, 0.15) is 16.5 Å². The Morgan fingerprint density at radius 1 is 1.16 bits per heavy atom. The van der Waals surface area contributed by atoms with E-state index in [9.17, 15) is 12.3 Å². The van der Waals surface area contributed by atoms with Crippen LogP contribution >= 0.6 is 11.6 Å². The van der Waals surface area contributed by atoms with Crippen molar-refractivity contribution < 1.29 is 26.0 Å². The normalized spacial score (nSPS) is 16.0. The van der Waals surface area contributed by atoms with Crippen molar-refractivity contribution in [3.05, 3.63) is 58.2 Å². The van der Waals surface area contributed by atoms with Gasteiger partial charge in [-0.2, -0.15) is 13.4 Å². The molecule has 0 aliphatic carbocycles. The first-order valence-electron chi connectivity index (χ1n) is 11.5. The predicted octanol–water partition coefficient (Wildman–Crippen LogP) is 4.28. The molecule has 1 saturated heterocycles. The summed E-state index contributed by atoms with van der Waals surface area (Å²) in [5.41, 5.74) is 4.35. The van der Waals surface area contributed by atoms with E-state index < -0.39 is 10.5 Å². The summed E-state index contributed by atoms with van der Waals surface area (Å²) in [6, 6.07) is 8.80. The molecule has 1 fully saturated rings. The maximum Gasteiger partial charge on any atom is 0.488 e. The van der Waals surface area contributed by atoms with E-state index in [1.807, 2.05) is 6.07 Å². The van der Waals surface area contributed by atoms with Gasteiger partial charge in [-0.25, -0.2) is 4.98 Å². The zero-order valence-corrected chi connectivity index (χ0v) is 21.7. The lowest BCUT2D eigenvalue weighted by Gasteiger charge is -2.40. The van der Waals surface area contributed by atoms with Crippen LogP contribution in [0.5, 0.6) is 11.5 Å². The number of hydrogen-bond acceptors (Lipinski definition) is 10. The fourth-order valence-electron chi connectivity index (χ4n) is 4.33. The van der Waals surface area contributed by atoms with Crippen molar-refractivity contribution in [1.82, 2.24) is 14.9 Å². The zero-order chi connectivity index (χ0) is 26.2. The Morgan fingerprint density at radius 3 is 2.65 bits per heavy atom. The van der Waals surface area contributed by atoms with Crippen LogP contribution in [0.3, 0.4) is 0 Å². The Hall–Kier alpha value is -3.19. The van der Waals surface area contributed by atoms with Crippen LogP contribution in [-0.2, 0) is 28.2 Å². The quantitative estimate of drug-likeness (QED) is 0.394. The number of anilines is 4. The average Bonchev–Trinajstić information content (AvgIpc) is 2.80. The van der Waals surface area contributed by atoms with Crippen LogP contribution in [0.4, 0.5) is 27.0 Å². The minimum absolute atomic E-state index is 0.149. The van der Waals surface area contributed by atoms with Gasteiger partial charge in [-0.1, -0.05) is 15.5 Å². The van der Waals surface area contributed by atoms with Crippen LogP contribution in [0, 0.1) is 6.92 Å². The fourth-order valence-corrected chi connectivity index (χ4v) is 4.80. The molecule has 0 spiro atoms. The Morgan fingerprint density at radius 2 is 1.97 bits per heavy atom. The molecule has 13 heteroatoms. The van der Waals surface area contributed by atoms with Gasteiger partial charge < -0.3 is 24.3 Å². The molecule has 2 aromatic carbocycles. The molecule has 0 amide bonds. The molecule has 5 rings (SSSR count). The van der Waals surface area contributed by atoms with E-state index in [2.05, 4.69) is 35.8 Å². The summed E-state index contributed by atoms with van der Waals surface area (Å²) in [6.07, 6.45) is 2.40. The van der Waals surface area contributed by atoms with Gasteiger partial charge in [0.05, 0.1) is 38.2 Å². The Bertz CT molecular complexity index is 1440. The summed E-state index contributed by atoms with van der Waals surface area (Å²) >= 11 is 6.33. The first-order chi connectivity index (χ1) is 17.7. The van der Waals surface area contributed by atoms with E-state index in [-0.39, 0.29) is 10.8 Å². The van der Waals surface area contributed by atoms with Crippen molar-refractivity contribution in [2.75, 3.05) is 37.5 Å². The van der Waals surface area contributed by atoms with Crippen LogP contribution in [0.15, 0.2) is 36.5 Å². The number of halogens is 2. The van der Waals surface area contributed by atoms with Crippen molar-refractivity contribution in [2.45, 2.75) is 25.9 Å². The number of rotatable bonds is 8. The summed E-state index contributed by atoms with van der Waals surface area (Å²) in [5, 5.41) is 6.60. The number of hydrogen-bond donors (Lipinski definition) is 2. The predicted molar refractivity (Wildman–Crippen MR) is 137 cm³/mol. The molecule has 2 N–H and O–H groups in total. The number of methoxy groups -OCH3 is 1. The van der Waals surface area contributed by atoms with Crippen LogP contribution in [0.25, 0.3) is 0 Å². The molecule has 10 nitrogen and oxygen atoms in total. The lowest BCUT2D eigenvalue weighted by Crippen LogP contribution is -2.50. The smallest absolute Gasteiger partial charge is 0.488 e. The molecule has 3 heterocycles. The number of fused-ring (bicyclic) bond motifs is 1. The largest absolute Gasteiger partial charge is 0.495 e. The molecule has 1 aromatic heterocycles. The third-order valence-corrected chi connectivity index (χ3v) is 7.01. The maximum atomic E-state index is 12.8. The Labute approximate surface area is 219 Å². The molecule has 3 aromatic rings. The maximum absolute atomic E-state index is 12.8. The van der Waals surface area contributed by atoms with E-state index >= 15 is 0 Å². The van der Waals surface area contributed by atoms with Crippen molar-refractivity contribution in [1.29, 1.82) is 0 Å². The van der Waals surface area contributed by atoms with Crippen molar-refractivity contribution in [3.8, 4) is 11.5 Å². The summed E-state index contributed by atoms with van der Waals surface area (Å²) in [6.45, 7) is 5.07. The van der Waals surface area contributed by atoms with Crippen molar-refractivity contribution >= 4 is 45.2 Å². The highest BCUT2D eigenvalue weighted by Crippen LogP contribution is 2.35. The lowest BCUT2D eigenvalue weighted by molar-refractivity contribution is -0.0695. The Balaban J connectivity index is 1.36. The highest BCUT2D eigenvalue weighted by atomic mass is 35.5. The molecule has 2 aliphatic heterocycles. The second-order valence-corrected chi connectivity index (χ2v) is 10.2. The van der Waals surface area contributed by atoms with Crippen molar-refractivity contribution in [3.63, 3.8) is 0 Å². The number of ether oxygens (including phenoxy) is 2. The second kappa shape index (κ2) is 10.3. The van der Waals surface area contributed by atoms with Gasteiger partial charge in [-0.15, -0.1) is 0 Å². The van der Waals surface area contributed by atoms with Crippen molar-refractivity contribution in [2.24, 2.45) is 0 Å². The van der Waals surface area contributed by atoms with Gasteiger partial charge in [-0.05, 0) is 60.4 Å². The topological polar surface area (TPSA) is 115 Å². The molecule has 0 radical (unpaired) electrons. The monoisotopic (exact) mass is 549 g/mol. The number of aryl methyl sites for hydroxylation is 1.